The molecule has 0 heteroatoms. The van der Waals surface area contributed by atoms with Crippen molar-refractivity contribution >= 4 is 44.5 Å². The lowest BCUT2D eigenvalue weighted by Gasteiger charge is -2.07. The summed E-state index contributed by atoms with van der Waals surface area (Å²) in [6, 6.07) is 34.7. The summed E-state index contributed by atoms with van der Waals surface area (Å²) in [4.78, 5) is 0. The third-order valence-electron chi connectivity index (χ3n) is 4.99. The molecule has 0 bridgehead atoms. The van der Waals surface area contributed by atoms with Gasteiger partial charge < -0.3 is 0 Å². The van der Waals surface area contributed by atoms with E-state index in [1.165, 1.54) is 43.4 Å². The second-order valence-corrected chi connectivity index (χ2v) is 6.71. The Morgan fingerprint density at radius 1 is 0.423 bits per heavy atom. The molecular weight excluding hydrogens is 312 g/mol. The maximum absolute atomic E-state index is 2.32. The van der Waals surface area contributed by atoms with Gasteiger partial charge in [0.2, 0.25) is 0 Å². The first-order valence-corrected chi connectivity index (χ1v) is 8.95. The molecule has 26 heavy (non-hydrogen) atoms. The molecule has 0 aliphatic carbocycles. The first-order chi connectivity index (χ1) is 12.9. The third-order valence-corrected chi connectivity index (χ3v) is 4.99. The first-order valence-electron chi connectivity index (χ1n) is 8.95. The lowest BCUT2D eigenvalue weighted by Crippen LogP contribution is -1.82. The van der Waals surface area contributed by atoms with Crippen LogP contribution in [0.5, 0.6) is 0 Å². The second kappa shape index (κ2) is 6.16. The van der Waals surface area contributed by atoms with Gasteiger partial charge in [0.05, 0.1) is 0 Å². The molecule has 0 atom stereocenters. The number of rotatable bonds is 2. The van der Waals surface area contributed by atoms with E-state index < -0.39 is 0 Å². The van der Waals surface area contributed by atoms with Crippen molar-refractivity contribution in [3.05, 3.63) is 108 Å². The second-order valence-electron chi connectivity index (χ2n) is 6.71. The molecule has 0 saturated carbocycles. The smallest absolute Gasteiger partial charge is 0.0105 e. The van der Waals surface area contributed by atoms with E-state index in [2.05, 4.69) is 103 Å². The van der Waals surface area contributed by atoms with E-state index >= 15 is 0 Å². The summed E-state index contributed by atoms with van der Waals surface area (Å²) >= 11 is 0. The minimum atomic E-state index is 1.22. The number of benzene rings is 5. The van der Waals surface area contributed by atoms with Crippen LogP contribution in [0.3, 0.4) is 0 Å². The highest BCUT2D eigenvalue weighted by atomic mass is 14.1. The summed E-state index contributed by atoms with van der Waals surface area (Å²) < 4.78 is 0. The van der Waals surface area contributed by atoms with E-state index in [4.69, 9.17) is 0 Å². The van der Waals surface area contributed by atoms with Gasteiger partial charge in [-0.3, -0.25) is 0 Å². The zero-order valence-electron chi connectivity index (χ0n) is 14.4. The van der Waals surface area contributed by atoms with Gasteiger partial charge in [-0.1, -0.05) is 84.9 Å². The Kier molecular flexibility index (Phi) is 3.54. The van der Waals surface area contributed by atoms with Crippen LogP contribution in [0.1, 0.15) is 11.1 Å². The van der Waals surface area contributed by atoms with Crippen LogP contribution in [0.2, 0.25) is 0 Å². The maximum Gasteiger partial charge on any atom is -0.0105 e. The molecule has 0 fully saturated rings. The van der Waals surface area contributed by atoms with Crippen LogP contribution in [-0.4, -0.2) is 0 Å². The Morgan fingerprint density at radius 3 is 1.81 bits per heavy atom. The van der Waals surface area contributed by atoms with E-state index in [1.54, 1.807) is 0 Å². The average molecular weight is 330 g/mol. The molecule has 0 nitrogen and oxygen atoms in total. The fourth-order valence-corrected chi connectivity index (χ4v) is 3.64. The molecule has 122 valence electrons. The SMILES string of the molecule is C(=C\c1cccc2cc3cc4ccccc4cc3cc12)/c1ccccc1. The molecule has 0 aliphatic rings. The Balaban J connectivity index is 1.70. The fourth-order valence-electron chi connectivity index (χ4n) is 3.64. The van der Waals surface area contributed by atoms with Gasteiger partial charge in [-0.2, -0.15) is 0 Å². The average Bonchev–Trinajstić information content (AvgIpc) is 2.70. The van der Waals surface area contributed by atoms with Gasteiger partial charge >= 0.3 is 0 Å². The lowest BCUT2D eigenvalue weighted by molar-refractivity contribution is 1.66. The van der Waals surface area contributed by atoms with Gasteiger partial charge in [0, 0.05) is 0 Å². The van der Waals surface area contributed by atoms with Crippen LogP contribution < -0.4 is 0 Å². The molecular formula is C26H18. The van der Waals surface area contributed by atoms with E-state index in [0.717, 1.165) is 0 Å². The molecule has 0 unspecified atom stereocenters. The summed E-state index contributed by atoms with van der Waals surface area (Å²) in [5.74, 6) is 0. The third kappa shape index (κ3) is 2.66. The quantitative estimate of drug-likeness (QED) is 0.235. The van der Waals surface area contributed by atoms with Crippen LogP contribution in [-0.2, 0) is 0 Å². The van der Waals surface area contributed by atoms with Crippen molar-refractivity contribution < 1.29 is 0 Å². The van der Waals surface area contributed by atoms with Crippen LogP contribution in [0.4, 0.5) is 0 Å². The zero-order valence-corrected chi connectivity index (χ0v) is 14.4. The van der Waals surface area contributed by atoms with Gasteiger partial charge in [-0.15, -0.1) is 0 Å². The van der Waals surface area contributed by atoms with Crippen molar-refractivity contribution in [2.45, 2.75) is 0 Å². The molecule has 0 spiro atoms. The molecule has 0 amide bonds. The fraction of sp³-hybridized carbons (Fsp3) is 0. The highest BCUT2D eigenvalue weighted by Gasteiger charge is 2.03. The molecule has 0 heterocycles. The van der Waals surface area contributed by atoms with E-state index in [9.17, 15) is 0 Å². The van der Waals surface area contributed by atoms with Crippen LogP contribution >= 0.6 is 0 Å². The highest BCUT2D eigenvalue weighted by Crippen LogP contribution is 2.29. The van der Waals surface area contributed by atoms with Crippen molar-refractivity contribution in [3.8, 4) is 0 Å². The van der Waals surface area contributed by atoms with Gasteiger partial charge in [0.1, 0.15) is 0 Å². The van der Waals surface area contributed by atoms with Crippen molar-refractivity contribution in [1.29, 1.82) is 0 Å². The summed E-state index contributed by atoms with van der Waals surface area (Å²) in [5, 5.41) is 7.73. The summed E-state index contributed by atoms with van der Waals surface area (Å²) in [6.07, 6.45) is 4.39. The van der Waals surface area contributed by atoms with Gasteiger partial charge in [0.25, 0.3) is 0 Å². The normalized spacial score (nSPS) is 11.7. The Bertz CT molecular complexity index is 1260. The lowest BCUT2D eigenvalue weighted by atomic mass is 9.97. The summed E-state index contributed by atoms with van der Waals surface area (Å²) in [6.45, 7) is 0. The predicted molar refractivity (Wildman–Crippen MR) is 114 cm³/mol. The zero-order chi connectivity index (χ0) is 17.3. The summed E-state index contributed by atoms with van der Waals surface area (Å²) in [5.41, 5.74) is 2.47. The monoisotopic (exact) mass is 330 g/mol. The highest BCUT2D eigenvalue weighted by molar-refractivity contribution is 6.06. The van der Waals surface area contributed by atoms with Crippen molar-refractivity contribution in [1.82, 2.24) is 0 Å². The largest absolute Gasteiger partial charge is 0.0622 e. The molecule has 0 N–H and O–H groups in total. The van der Waals surface area contributed by atoms with E-state index in [1.807, 2.05) is 6.07 Å². The number of fused-ring (bicyclic) bond motifs is 3. The number of hydrogen-bond donors (Lipinski definition) is 0. The Labute approximate surface area is 153 Å². The van der Waals surface area contributed by atoms with Crippen LogP contribution in [0.15, 0.2) is 97.1 Å². The van der Waals surface area contributed by atoms with E-state index in [0.29, 0.717) is 0 Å². The molecule has 0 aliphatic heterocycles. The molecule has 0 aromatic heterocycles. The Morgan fingerprint density at radius 2 is 1.04 bits per heavy atom. The van der Waals surface area contributed by atoms with Crippen molar-refractivity contribution in [2.75, 3.05) is 0 Å². The molecule has 5 rings (SSSR count). The van der Waals surface area contributed by atoms with Gasteiger partial charge in [0.15, 0.2) is 0 Å². The topological polar surface area (TPSA) is 0 Å². The predicted octanol–water partition coefficient (Wildman–Crippen LogP) is 7.32. The minimum absolute atomic E-state index is 1.22. The van der Waals surface area contributed by atoms with Crippen LogP contribution in [0, 0.1) is 0 Å². The van der Waals surface area contributed by atoms with Crippen molar-refractivity contribution in [3.63, 3.8) is 0 Å². The molecule has 0 saturated heterocycles. The molecule has 5 aromatic rings. The molecule has 0 radical (unpaired) electrons. The van der Waals surface area contributed by atoms with E-state index in [-0.39, 0.29) is 0 Å². The Hall–Kier alpha value is -3.38. The van der Waals surface area contributed by atoms with Crippen LogP contribution in [0.25, 0.3) is 44.5 Å². The number of hydrogen-bond acceptors (Lipinski definition) is 0. The van der Waals surface area contributed by atoms with Gasteiger partial charge in [-0.05, 0) is 67.7 Å². The maximum atomic E-state index is 2.32. The minimum Gasteiger partial charge on any atom is -0.0622 e. The standard InChI is InChI=1S/C26H18/c1-2-7-19(8-3-1)13-14-20-11-6-12-23-17-24-15-21-9-4-5-10-22(21)16-25(24)18-26(20)23/h1-18H/b14-13+. The molecule has 5 aromatic carbocycles. The first kappa shape index (κ1) is 14.9. The van der Waals surface area contributed by atoms with Crippen molar-refractivity contribution in [2.24, 2.45) is 0 Å². The summed E-state index contributed by atoms with van der Waals surface area (Å²) in [7, 11) is 0. The van der Waals surface area contributed by atoms with Gasteiger partial charge in [-0.25, -0.2) is 0 Å².